The molecule has 0 radical (unpaired) electrons. The number of nitrogens with two attached hydrogens (primary N) is 1. The molecule has 21 heavy (non-hydrogen) atoms. The molecule has 2 N–H and O–H groups in total. The molecule has 0 aliphatic carbocycles. The van der Waals surface area contributed by atoms with E-state index in [1.165, 1.54) is 11.6 Å². The first-order valence-electron chi connectivity index (χ1n) is 6.17. The highest BCUT2D eigenvalue weighted by atomic mass is 19.4. The number of nitrogens with zero attached hydrogens (tertiary/aromatic N) is 3. The van der Waals surface area contributed by atoms with Gasteiger partial charge in [0.2, 0.25) is 0 Å². The van der Waals surface area contributed by atoms with Gasteiger partial charge in [-0.1, -0.05) is 12.1 Å². The van der Waals surface area contributed by atoms with E-state index in [1.54, 1.807) is 31.2 Å². The molecule has 0 aliphatic heterocycles. The first kappa shape index (κ1) is 14.9. The summed E-state index contributed by atoms with van der Waals surface area (Å²) in [6.07, 6.45) is -4.58. The van der Waals surface area contributed by atoms with Crippen molar-refractivity contribution < 1.29 is 13.2 Å². The zero-order valence-corrected chi connectivity index (χ0v) is 11.4. The van der Waals surface area contributed by atoms with Crippen LogP contribution in [0.1, 0.15) is 35.5 Å². The molecule has 4 nitrogen and oxygen atoms in total. The number of aromatic nitrogens is 2. The molecular formula is C14H13F3N4. The summed E-state index contributed by atoms with van der Waals surface area (Å²) in [6, 6.07) is 8.16. The predicted octanol–water partition coefficient (Wildman–Crippen LogP) is 3.27. The molecule has 1 heterocycles. The molecule has 0 bridgehead atoms. The van der Waals surface area contributed by atoms with Crippen molar-refractivity contribution in [3.63, 3.8) is 0 Å². The van der Waals surface area contributed by atoms with E-state index >= 15 is 0 Å². The lowest BCUT2D eigenvalue weighted by Crippen LogP contribution is -2.12. The van der Waals surface area contributed by atoms with E-state index in [1.807, 2.05) is 6.07 Å². The van der Waals surface area contributed by atoms with Gasteiger partial charge in [-0.05, 0) is 31.5 Å². The van der Waals surface area contributed by atoms with Crippen LogP contribution in [0.5, 0.6) is 0 Å². The number of hydrogen-bond acceptors (Lipinski definition) is 3. The summed E-state index contributed by atoms with van der Waals surface area (Å²) < 4.78 is 39.7. The van der Waals surface area contributed by atoms with Gasteiger partial charge in [0, 0.05) is 0 Å². The number of alkyl halides is 3. The lowest BCUT2D eigenvalue weighted by molar-refractivity contribution is -0.140. The Morgan fingerprint density at radius 3 is 2.29 bits per heavy atom. The number of rotatable bonds is 2. The topological polar surface area (TPSA) is 67.6 Å². The molecule has 2 aromatic rings. The van der Waals surface area contributed by atoms with Crippen LogP contribution in [-0.2, 0) is 6.18 Å². The summed E-state index contributed by atoms with van der Waals surface area (Å²) in [6.45, 7) is 3.22. The minimum absolute atomic E-state index is 0.263. The molecule has 1 aromatic heterocycles. The number of nitriles is 1. The van der Waals surface area contributed by atoms with Crippen LogP contribution in [0.4, 0.5) is 18.9 Å². The fourth-order valence-corrected chi connectivity index (χ4v) is 2.10. The third kappa shape index (κ3) is 2.70. The molecule has 2 rings (SSSR count). The smallest absolute Gasteiger partial charge is 0.395 e. The Morgan fingerprint density at radius 1 is 1.29 bits per heavy atom. The van der Waals surface area contributed by atoms with Gasteiger partial charge in [0.25, 0.3) is 0 Å². The van der Waals surface area contributed by atoms with Crippen molar-refractivity contribution in [2.75, 3.05) is 5.73 Å². The third-order valence-corrected chi connectivity index (χ3v) is 3.35. The van der Waals surface area contributed by atoms with Crippen molar-refractivity contribution in [2.45, 2.75) is 26.1 Å². The predicted molar refractivity (Wildman–Crippen MR) is 71.3 cm³/mol. The Labute approximate surface area is 119 Å². The highest BCUT2D eigenvalue weighted by Gasteiger charge is 2.38. The van der Waals surface area contributed by atoms with E-state index < -0.39 is 17.9 Å². The van der Waals surface area contributed by atoms with Crippen LogP contribution < -0.4 is 5.73 Å². The van der Waals surface area contributed by atoms with E-state index in [9.17, 15) is 13.2 Å². The number of nitrogen functional groups attached to an aromatic ring is 1. The first-order valence-corrected chi connectivity index (χ1v) is 6.17. The second-order valence-corrected chi connectivity index (χ2v) is 4.70. The Hall–Kier alpha value is -2.49. The molecule has 1 aromatic carbocycles. The Morgan fingerprint density at radius 2 is 1.86 bits per heavy atom. The van der Waals surface area contributed by atoms with Crippen molar-refractivity contribution in [1.29, 1.82) is 5.26 Å². The van der Waals surface area contributed by atoms with E-state index in [0.717, 1.165) is 5.56 Å². The van der Waals surface area contributed by atoms with Gasteiger partial charge in [0.05, 0.1) is 29.1 Å². The van der Waals surface area contributed by atoms with Crippen LogP contribution in [0.15, 0.2) is 24.3 Å². The van der Waals surface area contributed by atoms with E-state index in [4.69, 9.17) is 11.0 Å². The SMILES string of the molecule is Cc1c(N)c(C(F)(F)F)nn1C(C)c1ccc(C#N)cc1. The van der Waals surface area contributed by atoms with E-state index in [2.05, 4.69) is 5.10 Å². The number of anilines is 1. The van der Waals surface area contributed by atoms with Crippen LogP contribution in [-0.4, -0.2) is 9.78 Å². The molecule has 7 heteroatoms. The number of hydrogen-bond donors (Lipinski definition) is 1. The molecule has 0 saturated carbocycles. The van der Waals surface area contributed by atoms with Gasteiger partial charge in [0.15, 0.2) is 5.69 Å². The van der Waals surface area contributed by atoms with Crippen molar-refractivity contribution in [3.8, 4) is 6.07 Å². The van der Waals surface area contributed by atoms with Crippen molar-refractivity contribution in [3.05, 3.63) is 46.8 Å². The van der Waals surface area contributed by atoms with Gasteiger partial charge in [0.1, 0.15) is 0 Å². The molecule has 0 aliphatic rings. The maximum Gasteiger partial charge on any atom is 0.437 e. The maximum absolute atomic E-state index is 12.8. The standard InChI is InChI=1S/C14H13F3N4/c1-8(11-5-3-10(7-18)4-6-11)21-9(2)12(19)13(20-21)14(15,16)17/h3-6,8H,19H2,1-2H3. The van der Waals surface area contributed by atoms with E-state index in [0.29, 0.717) is 5.56 Å². The zero-order valence-electron chi connectivity index (χ0n) is 11.4. The highest BCUT2D eigenvalue weighted by molar-refractivity contribution is 5.49. The normalized spacial score (nSPS) is 13.0. The summed E-state index contributed by atoms with van der Waals surface area (Å²) in [4.78, 5) is 0. The molecular weight excluding hydrogens is 281 g/mol. The Bertz CT molecular complexity index is 693. The van der Waals surface area contributed by atoms with Crippen LogP contribution in [0.25, 0.3) is 0 Å². The van der Waals surface area contributed by atoms with Crippen LogP contribution in [0, 0.1) is 18.3 Å². The second kappa shape index (κ2) is 5.13. The average molecular weight is 294 g/mol. The summed E-state index contributed by atoms with van der Waals surface area (Å²) >= 11 is 0. The molecule has 1 unspecified atom stereocenters. The Balaban J connectivity index is 2.44. The molecule has 0 amide bonds. The minimum Gasteiger partial charge on any atom is -0.395 e. The van der Waals surface area contributed by atoms with Gasteiger partial charge >= 0.3 is 6.18 Å². The fourth-order valence-electron chi connectivity index (χ4n) is 2.10. The van der Waals surface area contributed by atoms with Crippen molar-refractivity contribution in [2.24, 2.45) is 0 Å². The monoisotopic (exact) mass is 294 g/mol. The van der Waals surface area contributed by atoms with Gasteiger partial charge in [-0.25, -0.2) is 0 Å². The molecule has 0 saturated heterocycles. The molecule has 1 atom stereocenters. The summed E-state index contributed by atoms with van der Waals surface area (Å²) in [5, 5.41) is 12.3. The lowest BCUT2D eigenvalue weighted by Gasteiger charge is -2.14. The third-order valence-electron chi connectivity index (χ3n) is 3.35. The zero-order chi connectivity index (χ0) is 15.8. The summed E-state index contributed by atoms with van der Waals surface area (Å²) in [5.74, 6) is 0. The minimum atomic E-state index is -4.58. The maximum atomic E-state index is 12.8. The average Bonchev–Trinajstić information content (AvgIpc) is 2.74. The van der Waals surface area contributed by atoms with E-state index in [-0.39, 0.29) is 11.4 Å². The first-order chi connectivity index (χ1) is 9.75. The number of benzene rings is 1. The second-order valence-electron chi connectivity index (χ2n) is 4.70. The quantitative estimate of drug-likeness (QED) is 0.924. The molecule has 0 fully saturated rings. The largest absolute Gasteiger partial charge is 0.437 e. The lowest BCUT2D eigenvalue weighted by atomic mass is 10.1. The van der Waals surface area contributed by atoms with Crippen LogP contribution in [0.3, 0.4) is 0 Å². The van der Waals surface area contributed by atoms with Gasteiger partial charge < -0.3 is 5.73 Å². The van der Waals surface area contributed by atoms with Crippen LogP contribution >= 0.6 is 0 Å². The van der Waals surface area contributed by atoms with Gasteiger partial charge in [-0.3, -0.25) is 4.68 Å². The van der Waals surface area contributed by atoms with Gasteiger partial charge in [-0.2, -0.15) is 23.5 Å². The Kier molecular flexibility index (Phi) is 3.64. The molecule has 110 valence electrons. The fraction of sp³-hybridized carbons (Fsp3) is 0.286. The van der Waals surface area contributed by atoms with Crippen molar-refractivity contribution >= 4 is 5.69 Å². The summed E-state index contributed by atoms with van der Waals surface area (Å²) in [7, 11) is 0. The number of halogens is 3. The van der Waals surface area contributed by atoms with Crippen LogP contribution in [0.2, 0.25) is 0 Å². The van der Waals surface area contributed by atoms with Gasteiger partial charge in [-0.15, -0.1) is 0 Å². The van der Waals surface area contributed by atoms with Crippen molar-refractivity contribution in [1.82, 2.24) is 9.78 Å². The molecule has 0 spiro atoms. The highest BCUT2D eigenvalue weighted by Crippen LogP contribution is 2.35. The summed E-state index contributed by atoms with van der Waals surface area (Å²) in [5.41, 5.74) is 5.57.